The largest absolute Gasteiger partial charge is 0.483 e. The van der Waals surface area contributed by atoms with Gasteiger partial charge in [0.2, 0.25) is 5.75 Å². The molecule has 0 aliphatic rings. The zero-order chi connectivity index (χ0) is 9.80. The minimum absolute atomic E-state index is 0.125. The van der Waals surface area contributed by atoms with Gasteiger partial charge in [0.25, 0.3) is 0 Å². The third-order valence-electron chi connectivity index (χ3n) is 1.70. The first-order valence-corrected chi connectivity index (χ1v) is 4.10. The molecule has 5 nitrogen and oxygen atoms in total. The molecule has 0 fully saturated rings. The van der Waals surface area contributed by atoms with Crippen molar-refractivity contribution in [2.24, 2.45) is 0 Å². The first-order valence-electron chi connectivity index (χ1n) is 4.10. The molecule has 1 N–H and O–H groups in total. The summed E-state index contributed by atoms with van der Waals surface area (Å²) in [6.45, 7) is 0.270. The highest BCUT2D eigenvalue weighted by Crippen LogP contribution is 2.25. The maximum atomic E-state index is 11.2. The Balaban J connectivity index is 2.02. The number of para-hydroxylation sites is 2. The number of aromatic amines is 1. The molecule has 1 aromatic carbocycles. The monoisotopic (exact) mass is 190 g/mol. The Hall–Kier alpha value is -2.04. The minimum Gasteiger partial charge on any atom is -0.483 e. The number of ether oxygens (including phenoxy) is 1. The van der Waals surface area contributed by atoms with Gasteiger partial charge in [-0.3, -0.25) is 10.2 Å². The van der Waals surface area contributed by atoms with E-state index in [0.29, 0.717) is 5.75 Å². The second-order valence-electron chi connectivity index (χ2n) is 2.72. The lowest BCUT2D eigenvalue weighted by molar-refractivity contribution is 0.265. The van der Waals surface area contributed by atoms with Crippen LogP contribution in [0.15, 0.2) is 30.5 Å². The molecule has 0 saturated carbocycles. The van der Waals surface area contributed by atoms with Crippen molar-refractivity contribution in [1.29, 1.82) is 0 Å². The van der Waals surface area contributed by atoms with Crippen LogP contribution in [0, 0.1) is 0 Å². The first kappa shape index (κ1) is 8.55. The molecule has 0 aliphatic heterocycles. The maximum Gasteiger partial charge on any atom is 0.220 e. The van der Waals surface area contributed by atoms with Crippen LogP contribution in [0.5, 0.6) is 11.5 Å². The molecule has 0 spiro atoms. The molecule has 1 radical (unpaired) electrons. The highest BCUT2D eigenvalue weighted by molar-refractivity contribution is 5.37. The van der Waals surface area contributed by atoms with Crippen LogP contribution in [0.1, 0.15) is 5.69 Å². The molecule has 71 valence electrons. The van der Waals surface area contributed by atoms with E-state index in [9.17, 15) is 5.11 Å². The van der Waals surface area contributed by atoms with Crippen LogP contribution in [0.2, 0.25) is 0 Å². The Morgan fingerprint density at radius 1 is 1.36 bits per heavy atom. The summed E-state index contributed by atoms with van der Waals surface area (Å²) in [6.07, 6.45) is 1.55. The van der Waals surface area contributed by atoms with E-state index in [1.165, 1.54) is 6.07 Å². The van der Waals surface area contributed by atoms with E-state index in [0.717, 1.165) is 5.69 Å². The summed E-state index contributed by atoms with van der Waals surface area (Å²) in [5.41, 5.74) is 0.730. The van der Waals surface area contributed by atoms with Crippen LogP contribution in [-0.2, 0) is 11.7 Å². The van der Waals surface area contributed by atoms with Gasteiger partial charge in [0.15, 0.2) is 5.75 Å². The highest BCUT2D eigenvalue weighted by atomic mass is 16.5. The average Bonchev–Trinajstić information content (AvgIpc) is 2.69. The Labute approximate surface area is 80.3 Å². The molecule has 5 heteroatoms. The summed E-state index contributed by atoms with van der Waals surface area (Å²) in [7, 11) is 0. The lowest BCUT2D eigenvalue weighted by Crippen LogP contribution is -1.95. The Kier molecular flexibility index (Phi) is 2.31. The zero-order valence-electron chi connectivity index (χ0n) is 7.30. The molecule has 14 heavy (non-hydrogen) atoms. The second kappa shape index (κ2) is 3.78. The standard InChI is InChI=1S/C9H8N3O2/c13-8-3-1-2-4-9(8)14-6-7-5-10-12-11-7/h1-5H,6H2,(H,10,11,12). The first-order chi connectivity index (χ1) is 6.86. The number of aromatic nitrogens is 3. The predicted molar refractivity (Wildman–Crippen MR) is 47.3 cm³/mol. The van der Waals surface area contributed by atoms with E-state index in [4.69, 9.17) is 4.74 Å². The van der Waals surface area contributed by atoms with E-state index >= 15 is 0 Å². The van der Waals surface area contributed by atoms with Crippen LogP contribution >= 0.6 is 0 Å². The topological polar surface area (TPSA) is 70.7 Å². The van der Waals surface area contributed by atoms with Crippen molar-refractivity contribution in [3.8, 4) is 11.5 Å². The van der Waals surface area contributed by atoms with Crippen molar-refractivity contribution in [3.63, 3.8) is 0 Å². The highest BCUT2D eigenvalue weighted by Gasteiger charge is 2.03. The molecule has 0 amide bonds. The van der Waals surface area contributed by atoms with Crippen LogP contribution < -0.4 is 4.74 Å². The van der Waals surface area contributed by atoms with Gasteiger partial charge in [-0.15, -0.1) is 5.10 Å². The SMILES string of the molecule is [O]c1ccccc1OCc1cnn[nH]1. The van der Waals surface area contributed by atoms with E-state index in [-0.39, 0.29) is 12.4 Å². The molecule has 0 saturated heterocycles. The van der Waals surface area contributed by atoms with Crippen molar-refractivity contribution < 1.29 is 9.84 Å². The molecule has 1 heterocycles. The van der Waals surface area contributed by atoms with Crippen LogP contribution in [0.25, 0.3) is 0 Å². The van der Waals surface area contributed by atoms with E-state index < -0.39 is 0 Å². The van der Waals surface area contributed by atoms with E-state index in [1.807, 2.05) is 0 Å². The third kappa shape index (κ3) is 1.82. The van der Waals surface area contributed by atoms with E-state index in [1.54, 1.807) is 24.4 Å². The fourth-order valence-electron chi connectivity index (χ4n) is 1.01. The fourth-order valence-corrected chi connectivity index (χ4v) is 1.01. The number of hydrogen-bond acceptors (Lipinski definition) is 3. The van der Waals surface area contributed by atoms with Crippen molar-refractivity contribution in [3.05, 3.63) is 36.2 Å². The molecule has 0 aliphatic carbocycles. The van der Waals surface area contributed by atoms with Crippen molar-refractivity contribution in [1.82, 2.24) is 15.4 Å². The molecule has 2 rings (SSSR count). The lowest BCUT2D eigenvalue weighted by Gasteiger charge is -2.03. The van der Waals surface area contributed by atoms with Gasteiger partial charge >= 0.3 is 0 Å². The van der Waals surface area contributed by atoms with Gasteiger partial charge in [-0.1, -0.05) is 17.3 Å². The van der Waals surface area contributed by atoms with Crippen molar-refractivity contribution in [2.45, 2.75) is 6.61 Å². The quantitative estimate of drug-likeness (QED) is 0.797. The summed E-state index contributed by atoms with van der Waals surface area (Å²) in [4.78, 5) is 0. The lowest BCUT2D eigenvalue weighted by atomic mass is 10.3. The molecule has 0 bridgehead atoms. The van der Waals surface area contributed by atoms with Gasteiger partial charge in [-0.2, -0.15) is 0 Å². The Bertz CT molecular complexity index is 400. The fraction of sp³-hybridized carbons (Fsp3) is 0.111. The maximum absolute atomic E-state index is 11.2. The van der Waals surface area contributed by atoms with Gasteiger partial charge in [0.1, 0.15) is 6.61 Å². The number of hydrogen-bond donors (Lipinski definition) is 1. The third-order valence-corrected chi connectivity index (χ3v) is 1.70. The molecule has 2 aromatic rings. The normalized spacial score (nSPS) is 10.0. The average molecular weight is 190 g/mol. The molecular weight excluding hydrogens is 182 g/mol. The summed E-state index contributed by atoms with van der Waals surface area (Å²) in [6, 6.07) is 6.52. The predicted octanol–water partition coefficient (Wildman–Crippen LogP) is 1.53. The Morgan fingerprint density at radius 3 is 2.93 bits per heavy atom. The van der Waals surface area contributed by atoms with Crippen molar-refractivity contribution >= 4 is 0 Å². The van der Waals surface area contributed by atoms with Gasteiger partial charge in [0, 0.05) is 0 Å². The summed E-state index contributed by atoms with van der Waals surface area (Å²) in [5.74, 6) is 0.210. The summed E-state index contributed by atoms with van der Waals surface area (Å²) >= 11 is 0. The smallest absolute Gasteiger partial charge is 0.220 e. The molecule has 1 aromatic heterocycles. The van der Waals surface area contributed by atoms with E-state index in [2.05, 4.69) is 15.4 Å². The number of rotatable bonds is 3. The van der Waals surface area contributed by atoms with Gasteiger partial charge in [-0.05, 0) is 12.1 Å². The van der Waals surface area contributed by atoms with Gasteiger partial charge in [-0.25, -0.2) is 0 Å². The van der Waals surface area contributed by atoms with Crippen LogP contribution in [0.3, 0.4) is 0 Å². The zero-order valence-corrected chi connectivity index (χ0v) is 7.30. The number of benzene rings is 1. The minimum atomic E-state index is -0.125. The number of H-pyrrole nitrogens is 1. The van der Waals surface area contributed by atoms with Crippen LogP contribution in [0.4, 0.5) is 0 Å². The summed E-state index contributed by atoms with van der Waals surface area (Å²) in [5, 5.41) is 21.0. The molecule has 0 unspecified atom stereocenters. The van der Waals surface area contributed by atoms with Crippen LogP contribution in [-0.4, -0.2) is 15.4 Å². The summed E-state index contributed by atoms with van der Waals surface area (Å²) < 4.78 is 5.26. The van der Waals surface area contributed by atoms with Gasteiger partial charge < -0.3 is 4.74 Å². The molecule has 0 atom stereocenters. The Morgan fingerprint density at radius 2 is 2.21 bits per heavy atom. The molecular formula is C9H8N3O2. The van der Waals surface area contributed by atoms with Crippen molar-refractivity contribution in [2.75, 3.05) is 0 Å². The second-order valence-corrected chi connectivity index (χ2v) is 2.72. The number of nitrogens with one attached hydrogen (secondary N) is 1. The van der Waals surface area contributed by atoms with Gasteiger partial charge in [0.05, 0.1) is 11.9 Å². The number of nitrogens with zero attached hydrogens (tertiary/aromatic N) is 2.